The minimum Gasteiger partial charge on any atom is -0.481 e. The van der Waals surface area contributed by atoms with Crippen molar-refractivity contribution in [1.82, 2.24) is 15.1 Å². The lowest BCUT2D eigenvalue weighted by Crippen LogP contribution is -2.24. The lowest BCUT2D eigenvalue weighted by Gasteiger charge is -2.16. The zero-order valence-electron chi connectivity index (χ0n) is 11.5. The molecule has 2 heterocycles. The van der Waals surface area contributed by atoms with Crippen molar-refractivity contribution in [3.8, 4) is 0 Å². The smallest absolute Gasteiger partial charge is 0.305 e. The molecule has 20 heavy (non-hydrogen) atoms. The van der Waals surface area contributed by atoms with Crippen LogP contribution in [0.5, 0.6) is 0 Å². The Hall–Kier alpha value is -1.66. The predicted molar refractivity (Wildman–Crippen MR) is 78.7 cm³/mol. The fraction of sp³-hybridized carbons (Fsp3) is 0.429. The van der Waals surface area contributed by atoms with Crippen LogP contribution >= 0.6 is 11.3 Å². The molecule has 2 rings (SSSR count). The van der Waals surface area contributed by atoms with Crippen LogP contribution in [0.25, 0.3) is 0 Å². The Balaban J connectivity index is 2.01. The molecule has 108 valence electrons. The van der Waals surface area contributed by atoms with E-state index in [-0.39, 0.29) is 12.5 Å². The van der Waals surface area contributed by atoms with Gasteiger partial charge in [-0.05, 0) is 23.9 Å². The van der Waals surface area contributed by atoms with Gasteiger partial charge in [-0.2, -0.15) is 5.10 Å². The molecular formula is C14H19N3O2S. The summed E-state index contributed by atoms with van der Waals surface area (Å²) in [6.07, 6.45) is 2.89. The number of nitrogens with one attached hydrogen (secondary N) is 1. The van der Waals surface area contributed by atoms with Crippen molar-refractivity contribution >= 4 is 17.3 Å². The van der Waals surface area contributed by atoms with Gasteiger partial charge in [0.05, 0.1) is 18.2 Å². The zero-order valence-corrected chi connectivity index (χ0v) is 12.3. The first kappa shape index (κ1) is 14.7. The molecule has 0 fully saturated rings. The fourth-order valence-corrected chi connectivity index (χ4v) is 2.89. The highest BCUT2D eigenvalue weighted by atomic mass is 32.1. The van der Waals surface area contributed by atoms with Gasteiger partial charge in [0.15, 0.2) is 0 Å². The number of aryl methyl sites for hydroxylation is 1. The maximum absolute atomic E-state index is 11.0. The molecule has 0 amide bonds. The summed E-state index contributed by atoms with van der Waals surface area (Å²) >= 11 is 1.58. The van der Waals surface area contributed by atoms with Gasteiger partial charge in [0.1, 0.15) is 0 Å². The van der Waals surface area contributed by atoms with Gasteiger partial charge < -0.3 is 10.4 Å². The number of thiophene rings is 1. The normalized spacial score (nSPS) is 12.4. The van der Waals surface area contributed by atoms with Crippen molar-refractivity contribution in [1.29, 1.82) is 0 Å². The molecule has 2 aromatic heterocycles. The van der Waals surface area contributed by atoms with Crippen LogP contribution < -0.4 is 5.32 Å². The van der Waals surface area contributed by atoms with E-state index in [2.05, 4.69) is 17.3 Å². The van der Waals surface area contributed by atoms with E-state index in [1.54, 1.807) is 17.5 Å². The summed E-state index contributed by atoms with van der Waals surface area (Å²) in [5.74, 6) is -0.794. The van der Waals surface area contributed by atoms with Gasteiger partial charge in [0.2, 0.25) is 0 Å². The number of aromatic nitrogens is 2. The molecule has 1 unspecified atom stereocenters. The molecule has 0 spiro atoms. The average molecular weight is 293 g/mol. The van der Waals surface area contributed by atoms with Gasteiger partial charge in [0.25, 0.3) is 0 Å². The third-order valence-electron chi connectivity index (χ3n) is 3.03. The molecule has 0 saturated carbocycles. The Morgan fingerprint density at radius 1 is 1.55 bits per heavy atom. The third-order valence-corrected chi connectivity index (χ3v) is 4.02. The van der Waals surface area contributed by atoms with Crippen LogP contribution in [0.3, 0.4) is 0 Å². The largest absolute Gasteiger partial charge is 0.481 e. The van der Waals surface area contributed by atoms with Crippen LogP contribution in [0.2, 0.25) is 0 Å². The van der Waals surface area contributed by atoms with E-state index in [0.29, 0.717) is 6.54 Å². The third kappa shape index (κ3) is 3.91. The zero-order chi connectivity index (χ0) is 14.4. The summed E-state index contributed by atoms with van der Waals surface area (Å²) in [6, 6.07) is 5.72. The second-order valence-electron chi connectivity index (χ2n) is 4.59. The first-order valence-electron chi connectivity index (χ1n) is 6.70. The number of rotatable bonds is 8. The van der Waals surface area contributed by atoms with E-state index in [0.717, 1.165) is 23.5 Å². The number of carboxylic acid groups (broad SMARTS) is 1. The SMILES string of the molecule is CCCn1nccc1CNC(CC(=O)O)c1cccs1. The Kier molecular flexibility index (Phi) is 5.31. The monoisotopic (exact) mass is 293 g/mol. The standard InChI is InChI=1S/C14H19N3O2S/c1-2-7-17-11(5-6-16-17)10-15-12(9-14(18)19)13-4-3-8-20-13/h3-6,8,12,15H,2,7,9-10H2,1H3,(H,18,19). The van der Waals surface area contributed by atoms with Crippen LogP contribution in [0.15, 0.2) is 29.8 Å². The first-order chi connectivity index (χ1) is 9.70. The van der Waals surface area contributed by atoms with E-state index < -0.39 is 5.97 Å². The second kappa shape index (κ2) is 7.21. The van der Waals surface area contributed by atoms with Crippen molar-refractivity contribution in [2.75, 3.05) is 0 Å². The summed E-state index contributed by atoms with van der Waals surface area (Å²) in [6.45, 7) is 3.61. The number of hydrogen-bond donors (Lipinski definition) is 2. The number of hydrogen-bond acceptors (Lipinski definition) is 4. The quantitative estimate of drug-likeness (QED) is 0.785. The average Bonchev–Trinajstić information content (AvgIpc) is 3.06. The van der Waals surface area contributed by atoms with Crippen LogP contribution in [0.4, 0.5) is 0 Å². The van der Waals surface area contributed by atoms with Crippen molar-refractivity contribution in [3.63, 3.8) is 0 Å². The van der Waals surface area contributed by atoms with E-state index >= 15 is 0 Å². The number of carboxylic acids is 1. The minimum atomic E-state index is -0.794. The van der Waals surface area contributed by atoms with Gasteiger partial charge in [-0.3, -0.25) is 9.48 Å². The van der Waals surface area contributed by atoms with Crippen molar-refractivity contribution in [2.24, 2.45) is 0 Å². The minimum absolute atomic E-state index is 0.0857. The molecule has 0 aliphatic carbocycles. The highest BCUT2D eigenvalue weighted by Gasteiger charge is 2.16. The van der Waals surface area contributed by atoms with E-state index in [1.807, 2.05) is 28.3 Å². The Morgan fingerprint density at radius 3 is 3.05 bits per heavy atom. The summed E-state index contributed by atoms with van der Waals surface area (Å²) in [5, 5.41) is 18.6. The number of aliphatic carboxylic acids is 1. The molecule has 0 aliphatic heterocycles. The Bertz CT molecular complexity index is 536. The summed E-state index contributed by atoms with van der Waals surface area (Å²) in [4.78, 5) is 12.0. The molecule has 0 bridgehead atoms. The van der Waals surface area contributed by atoms with Gasteiger partial charge in [-0.15, -0.1) is 11.3 Å². The highest BCUT2D eigenvalue weighted by Crippen LogP contribution is 2.22. The Labute approximate surface area is 122 Å². The summed E-state index contributed by atoms with van der Waals surface area (Å²) in [5.41, 5.74) is 1.08. The Morgan fingerprint density at radius 2 is 2.40 bits per heavy atom. The molecule has 5 nitrogen and oxygen atoms in total. The van der Waals surface area contributed by atoms with E-state index in [4.69, 9.17) is 5.11 Å². The van der Waals surface area contributed by atoms with Gasteiger partial charge in [-0.1, -0.05) is 13.0 Å². The topological polar surface area (TPSA) is 67.2 Å². The molecule has 6 heteroatoms. The van der Waals surface area contributed by atoms with Crippen LogP contribution in [-0.4, -0.2) is 20.9 Å². The van der Waals surface area contributed by atoms with E-state index in [9.17, 15) is 4.79 Å². The highest BCUT2D eigenvalue weighted by molar-refractivity contribution is 7.10. The molecule has 2 aromatic rings. The van der Waals surface area contributed by atoms with Gasteiger partial charge in [-0.25, -0.2) is 0 Å². The van der Waals surface area contributed by atoms with Crippen LogP contribution in [0, 0.1) is 0 Å². The second-order valence-corrected chi connectivity index (χ2v) is 5.57. The summed E-state index contributed by atoms with van der Waals surface area (Å²) in [7, 11) is 0. The van der Waals surface area contributed by atoms with Gasteiger partial charge >= 0.3 is 5.97 Å². The van der Waals surface area contributed by atoms with Crippen molar-refractivity contribution in [2.45, 2.75) is 38.9 Å². The van der Waals surface area contributed by atoms with Crippen molar-refractivity contribution < 1.29 is 9.90 Å². The number of carbonyl (C=O) groups is 1. The molecule has 2 N–H and O–H groups in total. The molecule has 0 saturated heterocycles. The van der Waals surface area contributed by atoms with Crippen LogP contribution in [0.1, 0.15) is 36.4 Å². The van der Waals surface area contributed by atoms with E-state index in [1.165, 1.54) is 0 Å². The predicted octanol–water partition coefficient (Wildman–Crippen LogP) is 2.66. The molecule has 0 aliphatic rings. The molecule has 0 radical (unpaired) electrons. The molecule has 0 aromatic carbocycles. The number of nitrogens with zero attached hydrogens (tertiary/aromatic N) is 2. The molecular weight excluding hydrogens is 274 g/mol. The van der Waals surface area contributed by atoms with Gasteiger partial charge in [0, 0.05) is 24.2 Å². The summed E-state index contributed by atoms with van der Waals surface area (Å²) < 4.78 is 1.96. The van der Waals surface area contributed by atoms with Crippen molar-refractivity contribution in [3.05, 3.63) is 40.3 Å². The lowest BCUT2D eigenvalue weighted by molar-refractivity contribution is -0.137. The lowest BCUT2D eigenvalue weighted by atomic mass is 10.1. The van der Waals surface area contributed by atoms with Crippen LogP contribution in [-0.2, 0) is 17.9 Å². The first-order valence-corrected chi connectivity index (χ1v) is 7.58. The maximum Gasteiger partial charge on any atom is 0.305 e. The fourth-order valence-electron chi connectivity index (χ4n) is 2.09. The molecule has 1 atom stereocenters. The maximum atomic E-state index is 11.0.